The van der Waals surface area contributed by atoms with Crippen LogP contribution in [-0.2, 0) is 21.3 Å². The molecule has 5 nitrogen and oxygen atoms in total. The molecule has 2 aliphatic heterocycles. The van der Waals surface area contributed by atoms with E-state index >= 15 is 0 Å². The number of hydrogen-bond donors (Lipinski definition) is 1. The van der Waals surface area contributed by atoms with E-state index in [1.807, 2.05) is 0 Å². The van der Waals surface area contributed by atoms with E-state index in [1.165, 1.54) is 0 Å². The Hall–Kier alpha value is -1.76. The normalized spacial score (nSPS) is 24.5. The van der Waals surface area contributed by atoms with Crippen LogP contribution < -0.4 is 14.2 Å². The third-order valence-corrected chi connectivity index (χ3v) is 6.56. The molecule has 2 aromatic carbocycles. The third kappa shape index (κ3) is 3.29. The molecule has 4 rings (SSSR count). The van der Waals surface area contributed by atoms with Crippen molar-refractivity contribution in [1.29, 1.82) is 0 Å². The molecule has 2 atom stereocenters. The Bertz CT molecular complexity index is 929. The van der Waals surface area contributed by atoms with Gasteiger partial charge in [0.25, 0.3) is 0 Å². The number of rotatable bonds is 4. The van der Waals surface area contributed by atoms with Gasteiger partial charge in [-0.2, -0.15) is 8.42 Å². The molecule has 7 heteroatoms. The van der Waals surface area contributed by atoms with E-state index in [0.29, 0.717) is 16.3 Å². The lowest BCUT2D eigenvalue weighted by molar-refractivity contribution is 0.124. The molecule has 0 aliphatic carbocycles. The Morgan fingerprint density at radius 3 is 2.81 bits per heavy atom. The molecule has 1 N–H and O–H groups in total. The van der Waals surface area contributed by atoms with Crippen molar-refractivity contribution < 1.29 is 17.3 Å². The molecule has 0 spiro atoms. The summed E-state index contributed by atoms with van der Waals surface area (Å²) in [6.07, 6.45) is 0.998. The van der Waals surface area contributed by atoms with E-state index in [-0.39, 0.29) is 17.3 Å². The zero-order valence-corrected chi connectivity index (χ0v) is 15.9. The second-order valence-electron chi connectivity index (χ2n) is 7.05. The first-order chi connectivity index (χ1) is 12.4. The Labute approximate surface area is 158 Å². The fraction of sp³-hybridized carbons (Fsp3) is 0.368. The van der Waals surface area contributed by atoms with E-state index < -0.39 is 10.1 Å². The Balaban J connectivity index is 1.56. The van der Waals surface area contributed by atoms with Crippen molar-refractivity contribution in [2.45, 2.75) is 30.6 Å². The third-order valence-electron chi connectivity index (χ3n) is 5.18. The number of hydrogen-bond acceptors (Lipinski definition) is 5. The van der Waals surface area contributed by atoms with E-state index in [4.69, 9.17) is 20.5 Å². The predicted molar refractivity (Wildman–Crippen MR) is 100 cm³/mol. The molecule has 0 radical (unpaired) electrons. The summed E-state index contributed by atoms with van der Waals surface area (Å²) in [7, 11) is -3.76. The van der Waals surface area contributed by atoms with Crippen LogP contribution in [0.3, 0.4) is 0 Å². The number of halogens is 1. The minimum atomic E-state index is -3.76. The van der Waals surface area contributed by atoms with Gasteiger partial charge in [-0.1, -0.05) is 30.7 Å². The topological polar surface area (TPSA) is 64.6 Å². The summed E-state index contributed by atoms with van der Waals surface area (Å²) >= 11 is 5.84. The number of benzene rings is 2. The molecule has 0 amide bonds. The van der Waals surface area contributed by atoms with Crippen LogP contribution >= 0.6 is 11.6 Å². The Kier molecular flexibility index (Phi) is 4.37. The van der Waals surface area contributed by atoms with Crippen molar-refractivity contribution in [2.24, 2.45) is 0 Å². The highest BCUT2D eigenvalue weighted by Gasteiger charge is 2.46. The first kappa shape index (κ1) is 17.6. The van der Waals surface area contributed by atoms with Gasteiger partial charge >= 0.3 is 10.1 Å². The number of piperidine rings is 1. The summed E-state index contributed by atoms with van der Waals surface area (Å²) in [4.78, 5) is 0. The first-order valence-electron chi connectivity index (χ1n) is 8.54. The number of fused-ring (bicyclic) bond motifs is 3. The summed E-state index contributed by atoms with van der Waals surface area (Å²) in [5, 5.41) is 3.90. The second kappa shape index (κ2) is 6.44. The van der Waals surface area contributed by atoms with E-state index in [1.54, 1.807) is 42.5 Å². The SMILES string of the molecule is CC12CCNCC1Oc1ccc(OS(=O)(=O)Cc3ccc(Cl)cc3)cc12. The molecule has 2 heterocycles. The molecule has 0 saturated carbocycles. The summed E-state index contributed by atoms with van der Waals surface area (Å²) < 4.78 is 36.2. The van der Waals surface area contributed by atoms with Crippen LogP contribution in [0, 0.1) is 0 Å². The molecule has 2 unspecified atom stereocenters. The lowest BCUT2D eigenvalue weighted by Crippen LogP contribution is -2.49. The van der Waals surface area contributed by atoms with Crippen LogP contribution in [0.5, 0.6) is 11.5 Å². The smallest absolute Gasteiger partial charge is 0.313 e. The van der Waals surface area contributed by atoms with Gasteiger partial charge in [-0.3, -0.25) is 0 Å². The Morgan fingerprint density at radius 2 is 2.04 bits per heavy atom. The molecule has 1 saturated heterocycles. The summed E-state index contributed by atoms with van der Waals surface area (Å²) in [5.74, 6) is 0.923. The van der Waals surface area contributed by atoms with Crippen molar-refractivity contribution in [3.8, 4) is 11.5 Å². The predicted octanol–water partition coefficient (Wildman–Crippen LogP) is 3.26. The van der Waals surface area contributed by atoms with E-state index in [0.717, 1.165) is 30.8 Å². The maximum atomic E-state index is 12.4. The lowest BCUT2D eigenvalue weighted by atomic mass is 9.74. The largest absolute Gasteiger partial charge is 0.488 e. The van der Waals surface area contributed by atoms with Gasteiger partial charge in [-0.15, -0.1) is 0 Å². The molecule has 138 valence electrons. The fourth-order valence-electron chi connectivity index (χ4n) is 3.67. The summed E-state index contributed by atoms with van der Waals surface area (Å²) in [6.45, 7) is 3.86. The van der Waals surface area contributed by atoms with Crippen molar-refractivity contribution >= 4 is 21.7 Å². The molecule has 26 heavy (non-hydrogen) atoms. The minimum absolute atomic E-state index is 0.0622. The fourth-order valence-corrected chi connectivity index (χ4v) is 4.85. The van der Waals surface area contributed by atoms with Gasteiger partial charge in [-0.05, 0) is 48.9 Å². The lowest BCUT2D eigenvalue weighted by Gasteiger charge is -2.35. The minimum Gasteiger partial charge on any atom is -0.488 e. The summed E-state index contributed by atoms with van der Waals surface area (Å²) in [6, 6.07) is 11.9. The number of nitrogens with one attached hydrogen (secondary N) is 1. The number of ether oxygens (including phenoxy) is 1. The van der Waals surface area contributed by atoms with Gasteiger partial charge in [0.1, 0.15) is 23.4 Å². The maximum Gasteiger partial charge on any atom is 0.313 e. The summed E-state index contributed by atoms with van der Waals surface area (Å²) in [5.41, 5.74) is 1.52. The Morgan fingerprint density at radius 1 is 1.27 bits per heavy atom. The molecule has 2 aliphatic rings. The van der Waals surface area contributed by atoms with Gasteiger partial charge in [-0.25, -0.2) is 0 Å². The van der Waals surface area contributed by atoms with Crippen LogP contribution in [0.15, 0.2) is 42.5 Å². The van der Waals surface area contributed by atoms with E-state index in [2.05, 4.69) is 12.2 Å². The van der Waals surface area contributed by atoms with Gasteiger partial charge in [0, 0.05) is 22.5 Å². The van der Waals surface area contributed by atoms with Crippen LogP contribution in [0.2, 0.25) is 5.02 Å². The van der Waals surface area contributed by atoms with Gasteiger partial charge < -0.3 is 14.2 Å². The molecule has 0 bridgehead atoms. The van der Waals surface area contributed by atoms with Crippen LogP contribution in [0.1, 0.15) is 24.5 Å². The highest BCUT2D eigenvalue weighted by molar-refractivity contribution is 7.86. The molecular formula is C19H20ClNO4S. The zero-order valence-electron chi connectivity index (χ0n) is 14.4. The molecule has 1 fully saturated rings. The average Bonchev–Trinajstić information content (AvgIpc) is 2.89. The highest BCUT2D eigenvalue weighted by atomic mass is 35.5. The quantitative estimate of drug-likeness (QED) is 0.808. The standard InChI is InChI=1S/C19H20ClNO4S/c1-19-8-9-21-11-18(19)24-17-7-6-15(10-16(17)19)25-26(22,23)12-13-2-4-14(20)5-3-13/h2-7,10,18,21H,8-9,11-12H2,1H3. The molecular weight excluding hydrogens is 374 g/mol. The van der Waals surface area contributed by atoms with Crippen LogP contribution in [0.25, 0.3) is 0 Å². The average molecular weight is 394 g/mol. The molecule has 2 aromatic rings. The first-order valence-corrected chi connectivity index (χ1v) is 10.5. The molecule has 0 aromatic heterocycles. The van der Waals surface area contributed by atoms with Crippen molar-refractivity contribution in [2.75, 3.05) is 13.1 Å². The zero-order chi connectivity index (χ0) is 18.4. The van der Waals surface area contributed by atoms with Gasteiger partial charge in [0.2, 0.25) is 0 Å². The maximum absolute atomic E-state index is 12.4. The second-order valence-corrected chi connectivity index (χ2v) is 9.05. The van der Waals surface area contributed by atoms with Gasteiger partial charge in [0.15, 0.2) is 0 Å². The van der Waals surface area contributed by atoms with Crippen LogP contribution in [-0.4, -0.2) is 27.6 Å². The van der Waals surface area contributed by atoms with Crippen molar-refractivity contribution in [3.05, 3.63) is 58.6 Å². The van der Waals surface area contributed by atoms with Crippen LogP contribution in [0.4, 0.5) is 0 Å². The highest BCUT2D eigenvalue weighted by Crippen LogP contribution is 2.47. The van der Waals surface area contributed by atoms with Gasteiger partial charge in [0.05, 0.1) is 0 Å². The van der Waals surface area contributed by atoms with Crippen molar-refractivity contribution in [1.82, 2.24) is 5.32 Å². The van der Waals surface area contributed by atoms with Crippen molar-refractivity contribution in [3.63, 3.8) is 0 Å². The monoisotopic (exact) mass is 393 g/mol. The van der Waals surface area contributed by atoms with E-state index in [9.17, 15) is 8.42 Å².